The fraction of sp³-hybridized carbons (Fsp3) is 0.250. The van der Waals surface area contributed by atoms with Crippen molar-refractivity contribution in [3.63, 3.8) is 0 Å². The highest BCUT2D eigenvalue weighted by Gasteiger charge is 2.27. The van der Waals surface area contributed by atoms with Gasteiger partial charge in [0.25, 0.3) is 10.0 Å². The number of unbranched alkanes of at least 4 members (excludes halogenated alkanes) is 1. The molecule has 1 saturated heterocycles. The fourth-order valence-corrected chi connectivity index (χ4v) is 9.66. The summed E-state index contributed by atoms with van der Waals surface area (Å²) in [5.74, 6) is 1.66. The van der Waals surface area contributed by atoms with Gasteiger partial charge in [-0.3, -0.25) is 9.29 Å². The van der Waals surface area contributed by atoms with E-state index in [9.17, 15) is 16.8 Å². The van der Waals surface area contributed by atoms with Crippen molar-refractivity contribution >= 4 is 60.1 Å². The molecule has 3 heterocycles. The molecule has 4 aromatic carbocycles. The van der Waals surface area contributed by atoms with Crippen molar-refractivity contribution < 1.29 is 21.6 Å². The monoisotopic (exact) mass is 777 g/mol. The van der Waals surface area contributed by atoms with Crippen LogP contribution in [0.25, 0.3) is 28.1 Å². The molecule has 1 N–H and O–H groups in total. The van der Waals surface area contributed by atoms with Crippen LogP contribution in [0.5, 0.6) is 0 Å². The van der Waals surface area contributed by atoms with Crippen LogP contribution in [0, 0.1) is 0 Å². The van der Waals surface area contributed by atoms with E-state index in [1.165, 1.54) is 22.1 Å². The Morgan fingerprint density at radius 3 is 2.40 bits per heavy atom. The topological polar surface area (TPSA) is 141 Å². The zero-order valence-electron chi connectivity index (χ0n) is 28.2. The van der Waals surface area contributed by atoms with Gasteiger partial charge >= 0.3 is 0 Å². The lowest BCUT2D eigenvalue weighted by Gasteiger charge is -2.26. The van der Waals surface area contributed by atoms with Crippen LogP contribution in [0.1, 0.15) is 25.6 Å². The van der Waals surface area contributed by atoms with Gasteiger partial charge in [0.15, 0.2) is 11.0 Å². The Morgan fingerprint density at radius 2 is 1.63 bits per heavy atom. The van der Waals surface area contributed by atoms with Gasteiger partial charge in [0.2, 0.25) is 10.0 Å². The van der Waals surface area contributed by atoms with Crippen molar-refractivity contribution in [2.75, 3.05) is 31.0 Å². The third-order valence-electron chi connectivity index (χ3n) is 8.64. The summed E-state index contributed by atoms with van der Waals surface area (Å²) in [7, 11) is -7.67. The molecule has 0 atom stereocenters. The number of ether oxygens (including phenoxy) is 1. The summed E-state index contributed by atoms with van der Waals surface area (Å²) in [6.07, 6.45) is 1.90. The number of sulfonamides is 2. The number of nitrogens with one attached hydrogen (secondary N) is 1. The molecule has 270 valence electrons. The fourth-order valence-electron chi connectivity index (χ4n) is 5.97. The van der Waals surface area contributed by atoms with E-state index in [-0.39, 0.29) is 20.5 Å². The van der Waals surface area contributed by atoms with Gasteiger partial charge in [-0.05, 0) is 61.0 Å². The number of fused-ring (bicyclic) bond motifs is 1. The maximum atomic E-state index is 13.4. The molecule has 0 aliphatic carbocycles. The number of morpholine rings is 1. The predicted octanol–water partition coefficient (Wildman–Crippen LogP) is 6.85. The predicted molar refractivity (Wildman–Crippen MR) is 203 cm³/mol. The molecular formula is C36H36ClN7O5S3. The van der Waals surface area contributed by atoms with E-state index in [2.05, 4.69) is 26.4 Å². The number of halogens is 1. The molecule has 0 unspecified atom stereocenters. The molecule has 0 spiro atoms. The minimum absolute atomic E-state index is 0.0429. The highest BCUT2D eigenvalue weighted by Crippen LogP contribution is 2.33. The maximum Gasteiger partial charge on any atom is 0.261 e. The van der Waals surface area contributed by atoms with Gasteiger partial charge in [-0.25, -0.2) is 21.8 Å². The minimum atomic E-state index is -3.98. The van der Waals surface area contributed by atoms with E-state index >= 15 is 0 Å². The van der Waals surface area contributed by atoms with Crippen molar-refractivity contribution in [1.82, 2.24) is 28.6 Å². The van der Waals surface area contributed by atoms with Crippen molar-refractivity contribution in [2.24, 2.45) is 0 Å². The van der Waals surface area contributed by atoms with Crippen LogP contribution in [0.3, 0.4) is 0 Å². The van der Waals surface area contributed by atoms with Crippen LogP contribution in [0.4, 0.5) is 5.69 Å². The van der Waals surface area contributed by atoms with Crippen LogP contribution in [-0.4, -0.2) is 71.8 Å². The molecular weight excluding hydrogens is 742 g/mol. The number of thioether (sulfide) groups is 1. The van der Waals surface area contributed by atoms with E-state index in [4.69, 9.17) is 21.3 Å². The summed E-state index contributed by atoms with van der Waals surface area (Å²) >= 11 is 7.67. The third kappa shape index (κ3) is 7.47. The number of hydrogen-bond donors (Lipinski definition) is 1. The van der Waals surface area contributed by atoms with Gasteiger partial charge < -0.3 is 9.30 Å². The molecule has 0 amide bonds. The zero-order chi connectivity index (χ0) is 36.3. The lowest BCUT2D eigenvalue weighted by Crippen LogP contribution is -2.40. The Kier molecular flexibility index (Phi) is 10.7. The standard InChI is InChI=1S/C36H36ClN7O5S3/c1-2-3-18-43-33-17-16-29(52(47,48)42-19-21-49-22-20-42)24-32(33)38-34(43)25-50-36-40-39-35(44(36)27-11-5-4-6-12-27)26-10-9-13-28(23-26)51(45,46)41-31-15-8-7-14-30(31)37/h4-17,23-24,41H,2-3,18-22,25H2,1H3. The normalized spacial score (nSPS) is 14.2. The van der Waals surface area contributed by atoms with E-state index in [0.29, 0.717) is 54.1 Å². The number of aryl methyl sites for hydroxylation is 1. The van der Waals surface area contributed by atoms with Gasteiger partial charge in [-0.15, -0.1) is 10.2 Å². The Labute approximate surface area is 311 Å². The highest BCUT2D eigenvalue weighted by molar-refractivity contribution is 7.98. The number of imidazole rings is 1. The molecule has 1 aliphatic heterocycles. The van der Waals surface area contributed by atoms with Crippen LogP contribution >= 0.6 is 23.4 Å². The van der Waals surface area contributed by atoms with Gasteiger partial charge in [-0.2, -0.15) is 4.31 Å². The number of rotatable bonds is 13. The molecule has 7 rings (SSSR count). The summed E-state index contributed by atoms with van der Waals surface area (Å²) in [6, 6.07) is 27.9. The first-order valence-corrected chi connectivity index (χ1v) is 21.0. The average molecular weight is 778 g/mol. The smallest absolute Gasteiger partial charge is 0.261 e. The first-order chi connectivity index (χ1) is 25.2. The molecule has 52 heavy (non-hydrogen) atoms. The molecule has 1 aliphatic rings. The molecule has 6 aromatic rings. The minimum Gasteiger partial charge on any atom is -0.379 e. The average Bonchev–Trinajstić information content (AvgIpc) is 3.75. The number of anilines is 1. The lowest BCUT2D eigenvalue weighted by atomic mass is 10.2. The van der Waals surface area contributed by atoms with Gasteiger partial charge in [0, 0.05) is 30.9 Å². The summed E-state index contributed by atoms with van der Waals surface area (Å²) in [5.41, 5.74) is 3.09. The zero-order valence-corrected chi connectivity index (χ0v) is 31.4. The molecule has 0 bridgehead atoms. The van der Waals surface area contributed by atoms with Crippen LogP contribution in [0.15, 0.2) is 112 Å². The summed E-state index contributed by atoms with van der Waals surface area (Å²) < 4.78 is 67.2. The molecule has 12 nitrogen and oxygen atoms in total. The first kappa shape index (κ1) is 36.1. The van der Waals surface area contributed by atoms with Crippen molar-refractivity contribution in [1.29, 1.82) is 0 Å². The second-order valence-electron chi connectivity index (χ2n) is 12.1. The Hall–Kier alpha value is -4.25. The van der Waals surface area contributed by atoms with Gasteiger partial charge in [0.1, 0.15) is 5.82 Å². The van der Waals surface area contributed by atoms with E-state index in [1.54, 1.807) is 54.6 Å². The molecule has 0 saturated carbocycles. The SMILES string of the molecule is CCCCn1c(CSc2nnc(-c3cccc(S(=O)(=O)Nc4ccccc4Cl)c3)n2-c2ccccc2)nc2cc(S(=O)(=O)N3CCOCC3)ccc21. The van der Waals surface area contributed by atoms with Crippen LogP contribution < -0.4 is 4.72 Å². The summed E-state index contributed by atoms with van der Waals surface area (Å²) in [6.45, 7) is 4.22. The first-order valence-electron chi connectivity index (χ1n) is 16.7. The van der Waals surface area contributed by atoms with Crippen LogP contribution in [0.2, 0.25) is 5.02 Å². The molecule has 16 heteroatoms. The molecule has 1 fully saturated rings. The maximum absolute atomic E-state index is 13.4. The molecule has 2 aromatic heterocycles. The van der Waals surface area contributed by atoms with Crippen molar-refractivity contribution in [3.8, 4) is 17.1 Å². The Morgan fingerprint density at radius 1 is 0.865 bits per heavy atom. The van der Waals surface area contributed by atoms with Crippen molar-refractivity contribution in [2.45, 2.75) is 47.0 Å². The van der Waals surface area contributed by atoms with E-state index in [1.807, 2.05) is 41.0 Å². The summed E-state index contributed by atoms with van der Waals surface area (Å²) in [5, 5.41) is 9.97. The quantitative estimate of drug-likeness (QED) is 0.125. The van der Waals surface area contributed by atoms with Crippen molar-refractivity contribution in [3.05, 3.63) is 108 Å². The number of nitrogens with zero attached hydrogens (tertiary/aromatic N) is 6. The Balaban J connectivity index is 1.22. The van der Waals surface area contributed by atoms with E-state index < -0.39 is 20.0 Å². The highest BCUT2D eigenvalue weighted by atomic mass is 35.5. The largest absolute Gasteiger partial charge is 0.379 e. The second kappa shape index (κ2) is 15.4. The number of hydrogen-bond acceptors (Lipinski definition) is 9. The van der Waals surface area contributed by atoms with Crippen LogP contribution in [-0.2, 0) is 37.1 Å². The lowest BCUT2D eigenvalue weighted by molar-refractivity contribution is 0.0730. The number of aromatic nitrogens is 5. The number of benzene rings is 4. The second-order valence-corrected chi connectivity index (χ2v) is 17.0. The van der Waals surface area contributed by atoms with Gasteiger partial charge in [-0.1, -0.05) is 79.2 Å². The molecule has 0 radical (unpaired) electrons. The van der Waals surface area contributed by atoms with Gasteiger partial charge in [0.05, 0.1) is 50.5 Å². The third-order valence-corrected chi connectivity index (χ3v) is 13.2. The summed E-state index contributed by atoms with van der Waals surface area (Å²) in [4.78, 5) is 5.19. The number of para-hydroxylation sites is 2. The van der Waals surface area contributed by atoms with E-state index in [0.717, 1.165) is 36.4 Å². The Bertz CT molecular complexity index is 2430.